The Morgan fingerprint density at radius 3 is 2.24 bits per heavy atom. The van der Waals surface area contributed by atoms with Crippen LogP contribution in [-0.4, -0.2) is 11.8 Å². The van der Waals surface area contributed by atoms with Gasteiger partial charge in [-0.15, -0.1) is 0 Å². The molecule has 17 heavy (non-hydrogen) atoms. The minimum absolute atomic E-state index is 0.0776. The third-order valence-electron chi connectivity index (χ3n) is 3.17. The van der Waals surface area contributed by atoms with E-state index in [1.807, 2.05) is 25.1 Å². The maximum absolute atomic E-state index is 11.8. The average Bonchev–Trinajstić information content (AvgIpc) is 2.59. The number of hydrogen-bond acceptors (Lipinski definition) is 2. The summed E-state index contributed by atoms with van der Waals surface area (Å²) in [6, 6.07) is 5.91. The summed E-state index contributed by atoms with van der Waals surface area (Å²) in [5.41, 5.74) is 2.85. The Kier molecular flexibility index (Phi) is 3.01. The van der Waals surface area contributed by atoms with Crippen LogP contribution in [0.3, 0.4) is 0 Å². The lowest BCUT2D eigenvalue weighted by Crippen LogP contribution is -2.30. The zero-order valence-electron chi connectivity index (χ0n) is 10.5. The fraction of sp³-hybridized carbons (Fsp3) is 0.429. The van der Waals surface area contributed by atoms with Crippen LogP contribution in [0.25, 0.3) is 0 Å². The maximum Gasteiger partial charge on any atom is 0.234 e. The summed E-state index contributed by atoms with van der Waals surface area (Å²) in [6.45, 7) is 6.09. The molecule has 0 atom stereocenters. The molecule has 0 bridgehead atoms. The minimum Gasteiger partial charge on any atom is -0.274 e. The van der Waals surface area contributed by atoms with Crippen molar-refractivity contribution in [2.45, 2.75) is 39.5 Å². The highest BCUT2D eigenvalue weighted by molar-refractivity contribution is 6.20. The number of amides is 2. The van der Waals surface area contributed by atoms with Crippen LogP contribution in [0, 0.1) is 6.92 Å². The first-order valence-corrected chi connectivity index (χ1v) is 5.97. The number of hydrogen-bond donors (Lipinski definition) is 0. The van der Waals surface area contributed by atoms with Gasteiger partial charge in [-0.1, -0.05) is 32.0 Å². The van der Waals surface area contributed by atoms with Crippen molar-refractivity contribution in [2.24, 2.45) is 0 Å². The maximum atomic E-state index is 11.8. The number of carbonyl (C=O) groups excluding carboxylic acids is 2. The second-order valence-corrected chi connectivity index (χ2v) is 4.79. The van der Waals surface area contributed by atoms with Gasteiger partial charge in [0.1, 0.15) is 0 Å². The van der Waals surface area contributed by atoms with Gasteiger partial charge in [0.05, 0.1) is 5.69 Å². The third kappa shape index (κ3) is 1.97. The number of rotatable bonds is 2. The molecule has 0 spiro atoms. The van der Waals surface area contributed by atoms with E-state index in [1.54, 1.807) is 0 Å². The van der Waals surface area contributed by atoms with E-state index in [9.17, 15) is 9.59 Å². The molecular weight excluding hydrogens is 214 g/mol. The van der Waals surface area contributed by atoms with E-state index in [0.29, 0.717) is 18.8 Å². The lowest BCUT2D eigenvalue weighted by atomic mass is 9.97. The number of aryl methyl sites for hydroxylation is 1. The standard InChI is InChI=1S/C14H17NO2/c1-9(2)11-6-4-5-10(3)14(11)15-12(16)7-8-13(15)17/h4-6,9H,7-8H2,1-3H3. The Balaban J connectivity index is 2.57. The topological polar surface area (TPSA) is 37.4 Å². The van der Waals surface area contributed by atoms with Gasteiger partial charge in [-0.3, -0.25) is 9.59 Å². The number of nitrogens with zero attached hydrogens (tertiary/aromatic N) is 1. The SMILES string of the molecule is Cc1cccc(C(C)C)c1N1C(=O)CCC1=O. The molecule has 1 fully saturated rings. The molecule has 0 unspecified atom stereocenters. The lowest BCUT2D eigenvalue weighted by Gasteiger charge is -2.22. The molecule has 0 N–H and O–H groups in total. The second-order valence-electron chi connectivity index (χ2n) is 4.79. The van der Waals surface area contributed by atoms with E-state index in [4.69, 9.17) is 0 Å². The summed E-state index contributed by atoms with van der Waals surface area (Å²) < 4.78 is 0. The van der Waals surface area contributed by atoms with Crippen molar-refractivity contribution in [3.8, 4) is 0 Å². The summed E-state index contributed by atoms with van der Waals surface area (Å²) in [7, 11) is 0. The molecule has 3 nitrogen and oxygen atoms in total. The smallest absolute Gasteiger partial charge is 0.234 e. The summed E-state index contributed by atoms with van der Waals surface area (Å²) in [5, 5.41) is 0. The summed E-state index contributed by atoms with van der Waals surface area (Å²) in [4.78, 5) is 25.0. The summed E-state index contributed by atoms with van der Waals surface area (Å²) in [5.74, 6) is 0.142. The molecule has 0 radical (unpaired) electrons. The number of imide groups is 1. The second kappa shape index (κ2) is 4.32. The molecule has 1 saturated heterocycles. The van der Waals surface area contributed by atoms with Crippen molar-refractivity contribution in [3.05, 3.63) is 29.3 Å². The summed E-state index contributed by atoms with van der Waals surface area (Å²) in [6.07, 6.45) is 0.676. The van der Waals surface area contributed by atoms with Gasteiger partial charge in [-0.25, -0.2) is 4.90 Å². The third-order valence-corrected chi connectivity index (χ3v) is 3.17. The number of benzene rings is 1. The predicted molar refractivity (Wildman–Crippen MR) is 67.0 cm³/mol. The van der Waals surface area contributed by atoms with Gasteiger partial charge in [0.25, 0.3) is 0 Å². The molecule has 0 aliphatic carbocycles. The first-order chi connectivity index (χ1) is 8.02. The molecule has 2 rings (SSSR count). The molecule has 1 aliphatic heterocycles. The zero-order valence-corrected chi connectivity index (χ0v) is 10.5. The highest BCUT2D eigenvalue weighted by Crippen LogP contribution is 2.33. The molecule has 0 saturated carbocycles. The van der Waals surface area contributed by atoms with Crippen LogP contribution >= 0.6 is 0 Å². The van der Waals surface area contributed by atoms with Crippen molar-refractivity contribution >= 4 is 17.5 Å². The number of carbonyl (C=O) groups is 2. The van der Waals surface area contributed by atoms with E-state index in [2.05, 4.69) is 13.8 Å². The van der Waals surface area contributed by atoms with Gasteiger partial charge in [0.15, 0.2) is 0 Å². The summed E-state index contributed by atoms with van der Waals surface area (Å²) >= 11 is 0. The highest BCUT2D eigenvalue weighted by atomic mass is 16.2. The fourth-order valence-corrected chi connectivity index (χ4v) is 2.28. The quantitative estimate of drug-likeness (QED) is 0.734. The number of anilines is 1. The van der Waals surface area contributed by atoms with E-state index < -0.39 is 0 Å². The molecule has 2 amide bonds. The number of para-hydroxylation sites is 1. The largest absolute Gasteiger partial charge is 0.274 e. The van der Waals surface area contributed by atoms with Gasteiger partial charge in [0.2, 0.25) is 11.8 Å². The van der Waals surface area contributed by atoms with Crippen LogP contribution in [0.5, 0.6) is 0 Å². The fourth-order valence-electron chi connectivity index (χ4n) is 2.28. The van der Waals surface area contributed by atoms with E-state index in [1.165, 1.54) is 4.90 Å². The van der Waals surface area contributed by atoms with Gasteiger partial charge < -0.3 is 0 Å². The van der Waals surface area contributed by atoms with Crippen molar-refractivity contribution in [2.75, 3.05) is 4.90 Å². The van der Waals surface area contributed by atoms with Crippen LogP contribution in [0.2, 0.25) is 0 Å². The van der Waals surface area contributed by atoms with Crippen LogP contribution < -0.4 is 4.90 Å². The van der Waals surface area contributed by atoms with E-state index >= 15 is 0 Å². The normalized spacial score (nSPS) is 16.1. The monoisotopic (exact) mass is 231 g/mol. The first-order valence-electron chi connectivity index (χ1n) is 5.97. The van der Waals surface area contributed by atoms with Gasteiger partial charge in [-0.05, 0) is 24.0 Å². The Morgan fingerprint density at radius 1 is 1.12 bits per heavy atom. The van der Waals surface area contributed by atoms with E-state index in [0.717, 1.165) is 16.8 Å². The molecule has 1 heterocycles. The predicted octanol–water partition coefficient (Wildman–Crippen LogP) is 2.77. The molecular formula is C14H17NO2. The molecule has 1 aromatic carbocycles. The zero-order chi connectivity index (χ0) is 12.6. The molecule has 0 aromatic heterocycles. The van der Waals surface area contributed by atoms with Crippen LogP contribution in [0.15, 0.2) is 18.2 Å². The van der Waals surface area contributed by atoms with Gasteiger partial charge in [0, 0.05) is 12.8 Å². The van der Waals surface area contributed by atoms with Gasteiger partial charge in [-0.2, -0.15) is 0 Å². The van der Waals surface area contributed by atoms with Crippen molar-refractivity contribution in [1.82, 2.24) is 0 Å². The Morgan fingerprint density at radius 2 is 1.71 bits per heavy atom. The highest BCUT2D eigenvalue weighted by Gasteiger charge is 2.32. The average molecular weight is 231 g/mol. The lowest BCUT2D eigenvalue weighted by molar-refractivity contribution is -0.121. The van der Waals surface area contributed by atoms with Gasteiger partial charge >= 0.3 is 0 Å². The first kappa shape index (κ1) is 11.8. The van der Waals surface area contributed by atoms with Crippen molar-refractivity contribution in [3.63, 3.8) is 0 Å². The molecule has 1 aromatic rings. The Labute approximate surface area is 101 Å². The van der Waals surface area contributed by atoms with Crippen LogP contribution in [-0.2, 0) is 9.59 Å². The van der Waals surface area contributed by atoms with E-state index in [-0.39, 0.29) is 11.8 Å². The molecule has 3 heteroatoms. The van der Waals surface area contributed by atoms with Crippen molar-refractivity contribution < 1.29 is 9.59 Å². The molecule has 90 valence electrons. The minimum atomic E-state index is -0.0776. The van der Waals surface area contributed by atoms with Crippen LogP contribution in [0.4, 0.5) is 5.69 Å². The Hall–Kier alpha value is -1.64. The van der Waals surface area contributed by atoms with Crippen molar-refractivity contribution in [1.29, 1.82) is 0 Å². The van der Waals surface area contributed by atoms with Crippen LogP contribution in [0.1, 0.15) is 43.7 Å². The molecule has 1 aliphatic rings. The Bertz CT molecular complexity index is 461.